The van der Waals surface area contributed by atoms with Crippen LogP contribution in [-0.2, 0) is 66.3 Å². The molecule has 6 N–H and O–H groups in total. The van der Waals surface area contributed by atoms with Crippen LogP contribution < -0.4 is 10.6 Å². The van der Waals surface area contributed by atoms with E-state index in [-0.39, 0.29) is 38.1 Å². The molecule has 2 amide bonds. The number of hydrogen-bond donors (Lipinski definition) is 6. The second-order valence-electron chi connectivity index (χ2n) is 33.8. The predicted octanol–water partition coefficient (Wildman–Crippen LogP) is 23.8. The van der Waals surface area contributed by atoms with Crippen molar-refractivity contribution in [1.29, 1.82) is 0 Å². The zero-order chi connectivity index (χ0) is 83.4. The van der Waals surface area contributed by atoms with Crippen molar-refractivity contribution in [2.45, 2.75) is 540 Å². The average Bonchev–Trinajstić information content (AvgIpc) is 0.780. The molecule has 9 atom stereocenters. The van der Waals surface area contributed by atoms with E-state index in [9.17, 15) is 53.3 Å². The Balaban J connectivity index is 3.78. The van der Waals surface area contributed by atoms with Crippen LogP contribution in [0.2, 0.25) is 0 Å². The van der Waals surface area contributed by atoms with Crippen LogP contribution in [0.25, 0.3) is 0 Å². The number of esters is 4. The van der Waals surface area contributed by atoms with Gasteiger partial charge in [0.05, 0.1) is 45.1 Å². The number of carbonyl (C=O) groups is 6. The zero-order valence-electron chi connectivity index (χ0n) is 74.1. The summed E-state index contributed by atoms with van der Waals surface area (Å²) in [6, 6.07) is -2.81. The van der Waals surface area contributed by atoms with Crippen LogP contribution in [0.1, 0.15) is 485 Å². The molecular formula is C93H177N2O18P. The normalized spacial score (nSPS) is 16.8. The molecule has 1 rings (SSSR count). The number of aliphatic hydroxyl groups is 2. The summed E-state index contributed by atoms with van der Waals surface area (Å²) in [7, 11) is -5.53. The number of aliphatic hydroxyl groups excluding tert-OH is 2. The maximum Gasteiger partial charge on any atom is 0.470 e. The van der Waals surface area contributed by atoms with Gasteiger partial charge in [-0.1, -0.05) is 388 Å². The molecule has 0 aromatic heterocycles. The molecule has 0 aliphatic carbocycles. The van der Waals surface area contributed by atoms with E-state index >= 15 is 0 Å². The van der Waals surface area contributed by atoms with Crippen molar-refractivity contribution in [2.24, 2.45) is 0 Å². The molecule has 0 bridgehead atoms. The maximum absolute atomic E-state index is 15.0. The van der Waals surface area contributed by atoms with Crippen LogP contribution in [0, 0.1) is 0 Å². The second-order valence-corrected chi connectivity index (χ2v) is 35.0. The molecular weight excluding hydrogens is 1460 g/mol. The van der Waals surface area contributed by atoms with E-state index in [1.807, 2.05) is 0 Å². The van der Waals surface area contributed by atoms with Gasteiger partial charge in [-0.3, -0.25) is 33.3 Å². The molecule has 0 saturated carbocycles. The Labute approximate surface area is 696 Å². The van der Waals surface area contributed by atoms with Crippen molar-refractivity contribution in [1.82, 2.24) is 10.6 Å². The Morgan fingerprint density at radius 3 is 0.904 bits per heavy atom. The van der Waals surface area contributed by atoms with Gasteiger partial charge in [0.25, 0.3) is 0 Å². The fourth-order valence-corrected chi connectivity index (χ4v) is 16.2. The first-order chi connectivity index (χ1) is 55.5. The third kappa shape index (κ3) is 65.6. The van der Waals surface area contributed by atoms with Gasteiger partial charge in [0.1, 0.15) is 36.6 Å². The van der Waals surface area contributed by atoms with Gasteiger partial charge in [-0.25, -0.2) is 4.57 Å². The standard InChI is InChI=1S/C93H177N2O18P/c1-7-13-19-25-31-37-40-46-52-58-64-70-86(100)108-80(67-61-55-49-43-34-28-22-16-10-4)73-84(98)94-79(76-96)78-107-93-90(95-85(99)74-81(68-62-56-50-44-35-29-23-17-11-5)109-87(101)71-65-59-53-47-41-38-32-26-20-14-8-2)92(91(83(77-97)111-93)113-114(104,105)106)112-89(103)75-82(69-63-57-51-45-36-30-24-18-12-6)110-88(102)72-66-60-54-48-42-39-33-27-21-15-9-3/h79-83,90-93,96-97H,7-78H2,1-6H3,(H,94,98)(H,95,99)(H2,104,105,106)/t79-,80-,81-,82-,83-,90-,91-,92-,93?/m1/s1. The van der Waals surface area contributed by atoms with Crippen molar-refractivity contribution >= 4 is 43.5 Å². The van der Waals surface area contributed by atoms with E-state index in [1.54, 1.807) is 0 Å². The number of phosphoric ester groups is 1. The third-order valence-corrected chi connectivity index (χ3v) is 23.2. The number of amides is 2. The van der Waals surface area contributed by atoms with Gasteiger partial charge in [-0.05, 0) is 57.8 Å². The first kappa shape index (κ1) is 109. The molecule has 1 aliphatic rings. The fourth-order valence-electron chi connectivity index (χ4n) is 15.6. The Hall–Kier alpha value is -3.23. The minimum atomic E-state index is -5.53. The molecule has 1 fully saturated rings. The minimum Gasteiger partial charge on any atom is -0.462 e. The molecule has 0 radical (unpaired) electrons. The molecule has 20 nitrogen and oxygen atoms in total. The lowest BCUT2D eigenvalue weighted by molar-refractivity contribution is -0.272. The summed E-state index contributed by atoms with van der Waals surface area (Å²) in [6.07, 6.45) is 56.3. The van der Waals surface area contributed by atoms with E-state index in [1.165, 1.54) is 180 Å². The van der Waals surface area contributed by atoms with Crippen molar-refractivity contribution < 1.29 is 86.3 Å². The lowest BCUT2D eigenvalue weighted by atomic mass is 9.95. The highest BCUT2D eigenvalue weighted by atomic mass is 31.2. The van der Waals surface area contributed by atoms with Crippen molar-refractivity contribution in [2.75, 3.05) is 19.8 Å². The number of hydrogen-bond acceptors (Lipinski definition) is 16. The average molecular weight is 1640 g/mol. The molecule has 1 saturated heterocycles. The monoisotopic (exact) mass is 1640 g/mol. The van der Waals surface area contributed by atoms with Crippen LogP contribution in [0.5, 0.6) is 0 Å². The Morgan fingerprint density at radius 2 is 0.623 bits per heavy atom. The van der Waals surface area contributed by atoms with E-state index in [4.69, 9.17) is 32.9 Å². The number of phosphoric acid groups is 1. The predicted molar refractivity (Wildman–Crippen MR) is 462 cm³/mol. The second kappa shape index (κ2) is 78.3. The van der Waals surface area contributed by atoms with Gasteiger partial charge in [0, 0.05) is 19.3 Å². The molecule has 1 aliphatic heterocycles. The molecule has 21 heteroatoms. The molecule has 1 unspecified atom stereocenters. The van der Waals surface area contributed by atoms with Crippen LogP contribution in [0.4, 0.5) is 0 Å². The summed E-state index contributed by atoms with van der Waals surface area (Å²) in [5, 5.41) is 27.7. The Kier molecular flexibility index (Phi) is 74.7. The summed E-state index contributed by atoms with van der Waals surface area (Å²) in [5.74, 6) is -3.47. The molecule has 1 heterocycles. The van der Waals surface area contributed by atoms with Crippen molar-refractivity contribution in [3.05, 3.63) is 0 Å². The maximum atomic E-state index is 15.0. The highest BCUT2D eigenvalue weighted by molar-refractivity contribution is 7.46. The van der Waals surface area contributed by atoms with E-state index < -0.39 is 119 Å². The number of nitrogens with one attached hydrogen (secondary N) is 2. The van der Waals surface area contributed by atoms with Crippen LogP contribution in [0.15, 0.2) is 0 Å². The van der Waals surface area contributed by atoms with Gasteiger partial charge >= 0.3 is 31.7 Å². The SMILES string of the molecule is CCCCCCCCCCCCCC(=O)O[C@H](CCCCCCCCCCC)CC(=O)N[C@H](CO)COC1O[C@H](CO)[C@@H](OP(=O)(O)O)[C@H](OC(=O)C[C@@H](CCCCCCCCCCC)OC(=O)CCCCCCCCCCCCC)[C@H]1NC(=O)C[C@@H](CCCCCCCCCCC)OC(=O)CCCCCCCCCCCCC. The number of carbonyl (C=O) groups excluding carboxylic acids is 6. The van der Waals surface area contributed by atoms with Gasteiger partial charge in [0.15, 0.2) is 12.4 Å². The van der Waals surface area contributed by atoms with Crippen LogP contribution in [0.3, 0.4) is 0 Å². The van der Waals surface area contributed by atoms with Gasteiger partial charge in [0.2, 0.25) is 11.8 Å². The van der Waals surface area contributed by atoms with Crippen LogP contribution >= 0.6 is 7.82 Å². The highest BCUT2D eigenvalue weighted by Gasteiger charge is 2.52. The smallest absolute Gasteiger partial charge is 0.462 e. The first-order valence-corrected chi connectivity index (χ1v) is 49.6. The first-order valence-electron chi connectivity index (χ1n) is 48.1. The fraction of sp³-hybridized carbons (Fsp3) is 0.935. The molecule has 0 spiro atoms. The summed E-state index contributed by atoms with van der Waals surface area (Å²) >= 11 is 0. The molecule has 0 aromatic carbocycles. The van der Waals surface area contributed by atoms with Gasteiger partial charge in [-0.2, -0.15) is 0 Å². The Bertz CT molecular complexity index is 2300. The summed E-state index contributed by atoms with van der Waals surface area (Å²) in [4.78, 5) is 106. The van der Waals surface area contributed by atoms with Gasteiger partial charge < -0.3 is 59.1 Å². The number of rotatable bonds is 85. The van der Waals surface area contributed by atoms with E-state index in [2.05, 4.69) is 52.2 Å². The highest BCUT2D eigenvalue weighted by Crippen LogP contribution is 2.43. The number of ether oxygens (including phenoxy) is 6. The molecule has 114 heavy (non-hydrogen) atoms. The Morgan fingerprint density at radius 1 is 0.351 bits per heavy atom. The third-order valence-electron chi connectivity index (χ3n) is 22.7. The van der Waals surface area contributed by atoms with Crippen molar-refractivity contribution in [3.8, 4) is 0 Å². The molecule has 0 aromatic rings. The topological polar surface area (TPSA) is 289 Å². The van der Waals surface area contributed by atoms with E-state index in [0.29, 0.717) is 51.4 Å². The quantitative estimate of drug-likeness (QED) is 0.0143. The van der Waals surface area contributed by atoms with E-state index in [0.717, 1.165) is 173 Å². The summed E-state index contributed by atoms with van der Waals surface area (Å²) < 4.78 is 55.8. The largest absolute Gasteiger partial charge is 0.470 e. The van der Waals surface area contributed by atoms with Crippen molar-refractivity contribution in [3.63, 3.8) is 0 Å². The van der Waals surface area contributed by atoms with Gasteiger partial charge in [-0.15, -0.1) is 0 Å². The lowest BCUT2D eigenvalue weighted by Crippen LogP contribution is -2.66. The minimum absolute atomic E-state index is 0.154. The summed E-state index contributed by atoms with van der Waals surface area (Å²) in [5.41, 5.74) is 0. The van der Waals surface area contributed by atoms with Crippen LogP contribution in [-0.4, -0.2) is 131 Å². The molecule has 672 valence electrons. The zero-order valence-corrected chi connectivity index (χ0v) is 75.0. The number of unbranched alkanes of at least 4 members (excludes halogenated alkanes) is 54. The summed E-state index contributed by atoms with van der Waals surface area (Å²) in [6.45, 7) is 11.1. The lowest BCUT2D eigenvalue weighted by Gasteiger charge is -2.45.